The van der Waals surface area contributed by atoms with Gasteiger partial charge in [-0.3, -0.25) is 0 Å². The van der Waals surface area contributed by atoms with Crippen LogP contribution in [0.3, 0.4) is 0 Å². The molecule has 0 bridgehead atoms. The zero-order valence-electron chi connectivity index (χ0n) is 16.5. The van der Waals surface area contributed by atoms with E-state index in [1.807, 2.05) is 52.0 Å². The van der Waals surface area contributed by atoms with Gasteiger partial charge in [-0.2, -0.15) is 0 Å². The van der Waals surface area contributed by atoms with Crippen molar-refractivity contribution in [3.8, 4) is 0 Å². The van der Waals surface area contributed by atoms with Crippen LogP contribution in [0.2, 0.25) is 0 Å². The van der Waals surface area contributed by atoms with E-state index in [0.717, 1.165) is 0 Å². The predicted octanol–water partition coefficient (Wildman–Crippen LogP) is 7.81. The van der Waals surface area contributed by atoms with Crippen LogP contribution in [0.5, 0.6) is 0 Å². The average Bonchev–Trinajstić information content (AvgIpc) is 3.16. The lowest BCUT2D eigenvalue weighted by Gasteiger charge is -2.20. The van der Waals surface area contributed by atoms with Crippen LogP contribution in [0.4, 0.5) is 0 Å². The lowest BCUT2D eigenvalue weighted by atomic mass is 10.1. The second-order valence-corrected chi connectivity index (χ2v) is 6.52. The Balaban J connectivity index is -0.000000129. The van der Waals surface area contributed by atoms with Crippen molar-refractivity contribution in [2.75, 3.05) is 0 Å². The van der Waals surface area contributed by atoms with Gasteiger partial charge in [0, 0.05) is 35.9 Å². The normalized spacial score (nSPS) is 9.42. The Morgan fingerprint density at radius 2 is 0.625 bits per heavy atom. The molecule has 0 fully saturated rings. The third-order valence-electron chi connectivity index (χ3n) is 2.76. The minimum absolute atomic E-state index is 0. The summed E-state index contributed by atoms with van der Waals surface area (Å²) in [7, 11) is 0. The second kappa shape index (κ2) is 15.1. The monoisotopic (exact) mass is 338 g/mol. The van der Waals surface area contributed by atoms with E-state index in [0.29, 0.717) is 0 Å². The number of nitrogens with zero attached hydrogens (tertiary/aromatic N) is 2. The maximum atomic E-state index is 2.19. The van der Waals surface area contributed by atoms with Crippen LogP contribution in [-0.4, -0.2) is 9.13 Å². The zero-order chi connectivity index (χ0) is 17.8. The van der Waals surface area contributed by atoms with Gasteiger partial charge in [-0.15, -0.1) is 0 Å². The van der Waals surface area contributed by atoms with Gasteiger partial charge in [0.25, 0.3) is 0 Å². The van der Waals surface area contributed by atoms with Crippen molar-refractivity contribution in [1.29, 1.82) is 0 Å². The van der Waals surface area contributed by atoms with Gasteiger partial charge in [0.1, 0.15) is 0 Å². The van der Waals surface area contributed by atoms with Crippen molar-refractivity contribution in [3.63, 3.8) is 0 Å². The predicted molar refractivity (Wildman–Crippen MR) is 115 cm³/mol. The summed E-state index contributed by atoms with van der Waals surface area (Å²) in [6, 6.07) is 8.19. The standard InChI is InChI=1S/2C8H13N.2C2H6.2CH4/c2*1-8(2,3)9-6-4-5-7-9;2*1-2;;/h2*4-7H,1-3H3;2*1-2H3;2*1H4. The molecule has 0 unspecified atom stereocenters. The van der Waals surface area contributed by atoms with Crippen LogP contribution in [0, 0.1) is 0 Å². The van der Waals surface area contributed by atoms with E-state index in [9.17, 15) is 0 Å². The first-order valence-corrected chi connectivity index (χ1v) is 8.48. The molecular weight excluding hydrogens is 292 g/mol. The van der Waals surface area contributed by atoms with E-state index >= 15 is 0 Å². The first-order chi connectivity index (χ1) is 10.2. The molecule has 0 aliphatic rings. The molecule has 0 spiro atoms. The number of hydrogen-bond donors (Lipinski definition) is 0. The van der Waals surface area contributed by atoms with Crippen LogP contribution in [-0.2, 0) is 11.1 Å². The molecular formula is C22H46N2. The van der Waals surface area contributed by atoms with E-state index < -0.39 is 0 Å². The van der Waals surface area contributed by atoms with E-state index in [2.05, 4.69) is 75.5 Å². The molecule has 0 N–H and O–H groups in total. The van der Waals surface area contributed by atoms with Gasteiger partial charge in [0.05, 0.1) is 0 Å². The highest BCUT2D eigenvalue weighted by Gasteiger charge is 2.09. The molecule has 2 nitrogen and oxygen atoms in total. The first-order valence-electron chi connectivity index (χ1n) is 8.48. The molecule has 0 amide bonds. The Hall–Kier alpha value is -1.44. The molecule has 0 saturated heterocycles. The minimum atomic E-state index is 0. The molecule has 2 rings (SSSR count). The molecule has 2 aromatic rings. The SMILES string of the molecule is C.C.CC.CC.CC(C)(C)n1cccc1.CC(C)(C)n1cccc1. The van der Waals surface area contributed by atoms with E-state index in [1.165, 1.54) is 0 Å². The molecule has 0 saturated carbocycles. The van der Waals surface area contributed by atoms with Crippen molar-refractivity contribution in [2.45, 2.75) is 95.2 Å². The van der Waals surface area contributed by atoms with E-state index in [1.54, 1.807) is 0 Å². The Morgan fingerprint density at radius 1 is 0.458 bits per heavy atom. The Bertz CT molecular complexity index is 379. The van der Waals surface area contributed by atoms with Gasteiger partial charge in [-0.1, -0.05) is 42.5 Å². The van der Waals surface area contributed by atoms with Crippen LogP contribution in [0.25, 0.3) is 0 Å². The molecule has 0 radical (unpaired) electrons. The quantitative estimate of drug-likeness (QED) is 0.463. The fourth-order valence-electron chi connectivity index (χ4n) is 1.56. The summed E-state index contributed by atoms with van der Waals surface area (Å²) in [4.78, 5) is 0. The van der Waals surface area contributed by atoms with Crippen molar-refractivity contribution in [2.24, 2.45) is 0 Å². The van der Waals surface area contributed by atoms with Gasteiger partial charge in [0.15, 0.2) is 0 Å². The third kappa shape index (κ3) is 13.0. The second-order valence-electron chi connectivity index (χ2n) is 6.52. The molecule has 2 heterocycles. The van der Waals surface area contributed by atoms with Gasteiger partial charge < -0.3 is 9.13 Å². The number of rotatable bonds is 0. The summed E-state index contributed by atoms with van der Waals surface area (Å²) < 4.78 is 4.38. The highest BCUT2D eigenvalue weighted by molar-refractivity contribution is 4.95. The third-order valence-corrected chi connectivity index (χ3v) is 2.76. The maximum absolute atomic E-state index is 2.19. The van der Waals surface area contributed by atoms with Crippen LogP contribution in [0.15, 0.2) is 49.1 Å². The summed E-state index contributed by atoms with van der Waals surface area (Å²) in [6.45, 7) is 21.1. The van der Waals surface area contributed by atoms with Crippen LogP contribution < -0.4 is 0 Å². The average molecular weight is 339 g/mol. The van der Waals surface area contributed by atoms with Crippen molar-refractivity contribution >= 4 is 0 Å². The largest absolute Gasteiger partial charge is 0.349 e. The van der Waals surface area contributed by atoms with Crippen LogP contribution >= 0.6 is 0 Å². The molecule has 0 aromatic carbocycles. The van der Waals surface area contributed by atoms with Crippen molar-refractivity contribution in [1.82, 2.24) is 9.13 Å². The van der Waals surface area contributed by atoms with Gasteiger partial charge in [0.2, 0.25) is 0 Å². The number of hydrogen-bond acceptors (Lipinski definition) is 0. The van der Waals surface area contributed by atoms with E-state index in [-0.39, 0.29) is 25.9 Å². The van der Waals surface area contributed by atoms with Gasteiger partial charge in [-0.25, -0.2) is 0 Å². The molecule has 144 valence electrons. The molecule has 2 aromatic heterocycles. The van der Waals surface area contributed by atoms with Gasteiger partial charge in [-0.05, 0) is 65.8 Å². The molecule has 0 atom stereocenters. The zero-order valence-corrected chi connectivity index (χ0v) is 16.5. The summed E-state index contributed by atoms with van der Waals surface area (Å²) in [5, 5.41) is 0. The summed E-state index contributed by atoms with van der Waals surface area (Å²) in [5.74, 6) is 0. The maximum Gasteiger partial charge on any atom is 0.0355 e. The summed E-state index contributed by atoms with van der Waals surface area (Å²) >= 11 is 0. The molecule has 0 aliphatic carbocycles. The Kier molecular flexibility index (Phi) is 19.2. The van der Waals surface area contributed by atoms with Crippen molar-refractivity contribution < 1.29 is 0 Å². The topological polar surface area (TPSA) is 9.86 Å². The van der Waals surface area contributed by atoms with Gasteiger partial charge >= 0.3 is 0 Å². The lowest BCUT2D eigenvalue weighted by molar-refractivity contribution is 0.398. The molecule has 0 aliphatic heterocycles. The minimum Gasteiger partial charge on any atom is -0.349 e. The molecule has 2 heteroatoms. The highest BCUT2D eigenvalue weighted by atomic mass is 15.0. The Labute approximate surface area is 153 Å². The van der Waals surface area contributed by atoms with Crippen LogP contribution in [0.1, 0.15) is 84.1 Å². The Morgan fingerprint density at radius 3 is 0.708 bits per heavy atom. The van der Waals surface area contributed by atoms with E-state index in [4.69, 9.17) is 0 Å². The first kappa shape index (κ1) is 30.4. The fourth-order valence-corrected chi connectivity index (χ4v) is 1.56. The van der Waals surface area contributed by atoms with Crippen molar-refractivity contribution in [3.05, 3.63) is 49.1 Å². The molecule has 24 heavy (non-hydrogen) atoms. The smallest absolute Gasteiger partial charge is 0.0355 e. The fraction of sp³-hybridized carbons (Fsp3) is 0.636. The summed E-state index contributed by atoms with van der Waals surface area (Å²) in [6.07, 6.45) is 8.33. The highest BCUT2D eigenvalue weighted by Crippen LogP contribution is 2.12. The lowest BCUT2D eigenvalue weighted by Crippen LogP contribution is -2.19. The number of aromatic nitrogens is 2. The summed E-state index contributed by atoms with van der Waals surface area (Å²) in [5.41, 5.74) is 0.479.